The smallest absolute Gasteiger partial charge is 0.198 e. The highest BCUT2D eigenvalue weighted by molar-refractivity contribution is 6.29. The van der Waals surface area contributed by atoms with E-state index in [0.29, 0.717) is 17.7 Å². The number of carbonyl (C=O) groups is 2. The lowest BCUT2D eigenvalue weighted by Gasteiger charge is -2.19. The van der Waals surface area contributed by atoms with Crippen molar-refractivity contribution in [3.63, 3.8) is 0 Å². The molecule has 0 fully saturated rings. The van der Waals surface area contributed by atoms with E-state index in [-0.39, 0.29) is 34.2 Å². The van der Waals surface area contributed by atoms with E-state index in [2.05, 4.69) is 6.58 Å². The number of unbranched alkanes of at least 4 members (excludes halogenated alkanes) is 2. The first-order chi connectivity index (χ1) is 11.6. The van der Waals surface area contributed by atoms with Crippen LogP contribution in [0, 0.1) is 0 Å². The number of hydrogen-bond acceptors (Lipinski definition) is 4. The van der Waals surface area contributed by atoms with Gasteiger partial charge in [-0.3, -0.25) is 9.59 Å². The Hall–Kier alpha value is -2.88. The Morgan fingerprint density at radius 1 is 0.958 bits per heavy atom. The lowest BCUT2D eigenvalue weighted by molar-refractivity contribution is 0.0976. The maximum atomic E-state index is 12.7. The topological polar surface area (TPSA) is 63.6 Å². The van der Waals surface area contributed by atoms with Gasteiger partial charge in [0.05, 0.1) is 12.2 Å². The highest BCUT2D eigenvalue weighted by Gasteiger charge is 2.32. The van der Waals surface area contributed by atoms with Gasteiger partial charge in [-0.25, -0.2) is 0 Å². The number of carbonyl (C=O) groups excluding carboxylic acids is 2. The highest BCUT2D eigenvalue weighted by atomic mass is 16.5. The van der Waals surface area contributed by atoms with Gasteiger partial charge in [-0.15, -0.1) is 6.58 Å². The fraction of sp³-hybridized carbons (Fsp3) is 0.200. The molecule has 4 heteroatoms. The lowest BCUT2D eigenvalue weighted by Crippen LogP contribution is -2.21. The van der Waals surface area contributed by atoms with Crippen molar-refractivity contribution in [1.29, 1.82) is 0 Å². The van der Waals surface area contributed by atoms with Crippen molar-refractivity contribution in [2.45, 2.75) is 19.3 Å². The van der Waals surface area contributed by atoms with Crippen LogP contribution in [-0.2, 0) is 0 Å². The van der Waals surface area contributed by atoms with E-state index in [9.17, 15) is 14.7 Å². The van der Waals surface area contributed by atoms with Gasteiger partial charge >= 0.3 is 0 Å². The molecule has 4 nitrogen and oxygen atoms in total. The van der Waals surface area contributed by atoms with E-state index in [1.807, 2.05) is 6.08 Å². The number of phenols is 1. The van der Waals surface area contributed by atoms with Crippen molar-refractivity contribution in [1.82, 2.24) is 0 Å². The normalized spacial score (nSPS) is 12.5. The molecule has 2 aromatic carbocycles. The monoisotopic (exact) mass is 322 g/mol. The van der Waals surface area contributed by atoms with Crippen molar-refractivity contribution in [2.24, 2.45) is 0 Å². The van der Waals surface area contributed by atoms with Crippen LogP contribution in [0.15, 0.2) is 49.1 Å². The van der Waals surface area contributed by atoms with Gasteiger partial charge in [0, 0.05) is 16.7 Å². The lowest BCUT2D eigenvalue weighted by atomic mass is 9.83. The number of ketones is 2. The fourth-order valence-corrected chi connectivity index (χ4v) is 2.84. The van der Waals surface area contributed by atoms with Crippen LogP contribution in [0.5, 0.6) is 11.5 Å². The molecule has 0 saturated carbocycles. The molecule has 24 heavy (non-hydrogen) atoms. The van der Waals surface area contributed by atoms with Crippen LogP contribution in [0.25, 0.3) is 0 Å². The minimum absolute atomic E-state index is 0.0299. The second-order valence-corrected chi connectivity index (χ2v) is 5.67. The summed E-state index contributed by atoms with van der Waals surface area (Å²) in [5, 5.41) is 10.4. The average Bonchev–Trinajstić information content (AvgIpc) is 2.60. The minimum Gasteiger partial charge on any atom is -0.504 e. The van der Waals surface area contributed by atoms with E-state index in [1.54, 1.807) is 36.4 Å². The number of benzene rings is 2. The summed E-state index contributed by atoms with van der Waals surface area (Å²) >= 11 is 0. The van der Waals surface area contributed by atoms with Gasteiger partial charge in [0.15, 0.2) is 23.1 Å². The summed E-state index contributed by atoms with van der Waals surface area (Å²) in [6.45, 7) is 4.09. The molecule has 0 bridgehead atoms. The molecular formula is C20H18O4. The van der Waals surface area contributed by atoms with Gasteiger partial charge in [-0.1, -0.05) is 30.3 Å². The van der Waals surface area contributed by atoms with Crippen LogP contribution in [-0.4, -0.2) is 23.3 Å². The number of rotatable bonds is 6. The number of ether oxygens (including phenoxy) is 1. The van der Waals surface area contributed by atoms with E-state index in [4.69, 9.17) is 4.74 Å². The molecule has 1 N–H and O–H groups in total. The van der Waals surface area contributed by atoms with Crippen LogP contribution in [0.1, 0.15) is 51.1 Å². The van der Waals surface area contributed by atoms with Crippen LogP contribution >= 0.6 is 0 Å². The van der Waals surface area contributed by atoms with Crippen LogP contribution < -0.4 is 4.74 Å². The van der Waals surface area contributed by atoms with E-state index < -0.39 is 0 Å². The van der Waals surface area contributed by atoms with Gasteiger partial charge < -0.3 is 9.84 Å². The molecule has 0 unspecified atom stereocenters. The molecule has 1 aliphatic rings. The first-order valence-corrected chi connectivity index (χ1v) is 7.93. The van der Waals surface area contributed by atoms with Gasteiger partial charge in [-0.2, -0.15) is 0 Å². The minimum atomic E-state index is -0.352. The van der Waals surface area contributed by atoms with Crippen LogP contribution in [0.2, 0.25) is 0 Å². The largest absolute Gasteiger partial charge is 0.504 e. The van der Waals surface area contributed by atoms with E-state index >= 15 is 0 Å². The molecule has 0 aliphatic heterocycles. The summed E-state index contributed by atoms with van der Waals surface area (Å²) in [5.41, 5.74) is 0.929. The molecule has 0 spiro atoms. The SMILES string of the molecule is C=CCCCCOc1ccc2c(c1O)C(=O)c1ccccc1C2=O. The zero-order chi connectivity index (χ0) is 17.1. The Balaban J connectivity index is 1.90. The fourth-order valence-electron chi connectivity index (χ4n) is 2.84. The van der Waals surface area contributed by atoms with E-state index in [0.717, 1.165) is 19.3 Å². The molecule has 0 amide bonds. The van der Waals surface area contributed by atoms with Crippen LogP contribution in [0.3, 0.4) is 0 Å². The van der Waals surface area contributed by atoms with E-state index in [1.165, 1.54) is 0 Å². The van der Waals surface area contributed by atoms with Gasteiger partial charge in [-0.05, 0) is 31.4 Å². The van der Waals surface area contributed by atoms with Gasteiger partial charge in [0.1, 0.15) is 0 Å². The Morgan fingerprint density at radius 3 is 2.38 bits per heavy atom. The maximum Gasteiger partial charge on any atom is 0.198 e. The Bertz CT molecular complexity index is 820. The van der Waals surface area contributed by atoms with Crippen molar-refractivity contribution in [3.05, 3.63) is 71.3 Å². The third-order valence-electron chi connectivity index (χ3n) is 4.09. The van der Waals surface area contributed by atoms with Crippen molar-refractivity contribution < 1.29 is 19.4 Å². The summed E-state index contributed by atoms with van der Waals surface area (Å²) in [5.74, 6) is -0.639. The quantitative estimate of drug-likeness (QED) is 0.552. The second kappa shape index (κ2) is 6.71. The number of hydrogen-bond donors (Lipinski definition) is 1. The molecule has 0 heterocycles. The first kappa shape index (κ1) is 16.0. The van der Waals surface area contributed by atoms with Crippen molar-refractivity contribution >= 4 is 11.6 Å². The molecule has 2 aromatic rings. The third-order valence-corrected chi connectivity index (χ3v) is 4.09. The van der Waals surface area contributed by atoms with Gasteiger partial charge in [0.2, 0.25) is 0 Å². The first-order valence-electron chi connectivity index (χ1n) is 7.93. The van der Waals surface area contributed by atoms with Crippen molar-refractivity contribution in [2.75, 3.05) is 6.61 Å². The molecule has 3 rings (SSSR count). The Kier molecular flexibility index (Phi) is 4.47. The molecule has 1 aliphatic carbocycles. The van der Waals surface area contributed by atoms with Crippen molar-refractivity contribution in [3.8, 4) is 11.5 Å². The molecule has 122 valence electrons. The predicted molar refractivity (Wildman–Crippen MR) is 91.0 cm³/mol. The molecular weight excluding hydrogens is 304 g/mol. The van der Waals surface area contributed by atoms with Crippen LogP contribution in [0.4, 0.5) is 0 Å². The number of fused-ring (bicyclic) bond motifs is 2. The number of aromatic hydroxyl groups is 1. The molecule has 0 atom stereocenters. The third kappa shape index (κ3) is 2.71. The summed E-state index contributed by atoms with van der Waals surface area (Å²) in [6, 6.07) is 9.73. The summed E-state index contributed by atoms with van der Waals surface area (Å²) < 4.78 is 5.57. The average molecular weight is 322 g/mol. The molecule has 0 aromatic heterocycles. The standard InChI is InChI=1S/C20H18O4/c1-2-3-4-7-12-24-16-11-10-15-17(20(16)23)19(22)14-9-6-5-8-13(14)18(15)21/h2,5-6,8-11,23H,1,3-4,7,12H2. The summed E-state index contributed by atoms with van der Waals surface area (Å²) in [6.07, 6.45) is 4.51. The number of allylic oxidation sites excluding steroid dienone is 1. The second-order valence-electron chi connectivity index (χ2n) is 5.67. The summed E-state index contributed by atoms with van der Waals surface area (Å²) in [4.78, 5) is 25.2. The maximum absolute atomic E-state index is 12.7. The van der Waals surface area contributed by atoms with Gasteiger partial charge in [0.25, 0.3) is 0 Å². The Morgan fingerprint density at radius 2 is 1.67 bits per heavy atom. The Labute approximate surface area is 140 Å². The summed E-state index contributed by atoms with van der Waals surface area (Å²) in [7, 11) is 0. The zero-order valence-electron chi connectivity index (χ0n) is 13.2. The highest BCUT2D eigenvalue weighted by Crippen LogP contribution is 2.38. The number of phenolic OH excluding ortho intramolecular Hbond substituents is 1. The molecule has 0 saturated heterocycles. The molecule has 0 radical (unpaired) electrons. The predicted octanol–water partition coefficient (Wildman–Crippen LogP) is 3.90. The zero-order valence-corrected chi connectivity index (χ0v) is 13.2.